The van der Waals surface area contributed by atoms with Gasteiger partial charge in [-0.25, -0.2) is 4.98 Å². The molecule has 22 heavy (non-hydrogen) atoms. The van der Waals surface area contributed by atoms with E-state index in [0.717, 1.165) is 11.3 Å². The lowest BCUT2D eigenvalue weighted by atomic mass is 10.1. The summed E-state index contributed by atoms with van der Waals surface area (Å²) >= 11 is 7.44. The summed E-state index contributed by atoms with van der Waals surface area (Å²) in [6.45, 7) is 4.91. The van der Waals surface area contributed by atoms with Gasteiger partial charge in [-0.2, -0.15) is 0 Å². The van der Waals surface area contributed by atoms with Crippen LogP contribution in [0.4, 0.5) is 0 Å². The van der Waals surface area contributed by atoms with Gasteiger partial charge in [0, 0.05) is 5.02 Å². The molecule has 2 heterocycles. The maximum atomic E-state index is 12.8. The molecule has 2 unspecified atom stereocenters. The molecular weight excluding hydrogens is 320 g/mol. The summed E-state index contributed by atoms with van der Waals surface area (Å²) in [5.74, 6) is 0.0304. The molecule has 6 heteroatoms. The van der Waals surface area contributed by atoms with Crippen LogP contribution < -0.4 is 0 Å². The van der Waals surface area contributed by atoms with Crippen molar-refractivity contribution in [3.05, 3.63) is 50.9 Å². The van der Waals surface area contributed by atoms with Crippen molar-refractivity contribution in [2.24, 2.45) is 0 Å². The second-order valence-electron chi connectivity index (χ2n) is 5.45. The molecule has 0 saturated carbocycles. The van der Waals surface area contributed by atoms with E-state index in [-0.39, 0.29) is 18.1 Å². The average molecular weight is 337 g/mol. The van der Waals surface area contributed by atoms with Gasteiger partial charge in [0.15, 0.2) is 0 Å². The number of hydrogen-bond acceptors (Lipinski definition) is 4. The number of ether oxygens (including phenoxy) is 1. The summed E-state index contributed by atoms with van der Waals surface area (Å²) in [5, 5.41) is 0.677. The van der Waals surface area contributed by atoms with Crippen molar-refractivity contribution < 1.29 is 9.53 Å². The summed E-state index contributed by atoms with van der Waals surface area (Å²) in [5.41, 5.74) is 3.49. The molecule has 0 spiro atoms. The Bertz CT molecular complexity index is 688. The lowest BCUT2D eigenvalue weighted by Gasteiger charge is -2.38. The van der Waals surface area contributed by atoms with E-state index in [1.165, 1.54) is 11.3 Å². The Morgan fingerprint density at radius 3 is 3.00 bits per heavy atom. The third-order valence-corrected chi connectivity index (χ3v) is 5.01. The van der Waals surface area contributed by atoms with Gasteiger partial charge in [0.25, 0.3) is 5.91 Å². The number of aromatic nitrogens is 1. The Morgan fingerprint density at radius 2 is 2.32 bits per heavy atom. The molecule has 0 bridgehead atoms. The van der Waals surface area contributed by atoms with Crippen LogP contribution in [0.25, 0.3) is 0 Å². The Balaban J connectivity index is 1.82. The van der Waals surface area contributed by atoms with E-state index in [0.29, 0.717) is 23.1 Å². The van der Waals surface area contributed by atoms with Gasteiger partial charge in [-0.1, -0.05) is 23.7 Å². The summed E-state index contributed by atoms with van der Waals surface area (Å²) in [6.07, 6.45) is -0.146. The SMILES string of the molecule is Cc1ncsc1C(=O)N1CC(c2cccc(Cl)c2)OCC1C. The number of amides is 1. The van der Waals surface area contributed by atoms with Crippen molar-refractivity contribution >= 4 is 28.8 Å². The number of rotatable bonds is 2. The van der Waals surface area contributed by atoms with Crippen molar-refractivity contribution in [3.8, 4) is 0 Å². The number of morpholine rings is 1. The number of aryl methyl sites for hydroxylation is 1. The second-order valence-corrected chi connectivity index (χ2v) is 6.74. The maximum Gasteiger partial charge on any atom is 0.266 e. The fourth-order valence-electron chi connectivity index (χ4n) is 2.59. The van der Waals surface area contributed by atoms with Crippen LogP contribution in [0.15, 0.2) is 29.8 Å². The van der Waals surface area contributed by atoms with Crippen LogP contribution in [-0.2, 0) is 4.74 Å². The molecule has 1 saturated heterocycles. The summed E-state index contributed by atoms with van der Waals surface area (Å²) in [7, 11) is 0. The van der Waals surface area contributed by atoms with Crippen molar-refractivity contribution in [2.75, 3.05) is 13.2 Å². The number of carbonyl (C=O) groups is 1. The normalized spacial score (nSPS) is 21.9. The Kier molecular flexibility index (Phi) is 4.47. The predicted molar refractivity (Wildman–Crippen MR) is 87.5 cm³/mol. The van der Waals surface area contributed by atoms with Crippen LogP contribution in [0.2, 0.25) is 5.02 Å². The zero-order valence-electron chi connectivity index (χ0n) is 12.5. The largest absolute Gasteiger partial charge is 0.370 e. The van der Waals surface area contributed by atoms with Crippen molar-refractivity contribution in [3.63, 3.8) is 0 Å². The van der Waals surface area contributed by atoms with E-state index in [2.05, 4.69) is 4.98 Å². The minimum absolute atomic E-state index is 0.0304. The monoisotopic (exact) mass is 336 g/mol. The van der Waals surface area contributed by atoms with E-state index in [1.54, 1.807) is 5.51 Å². The van der Waals surface area contributed by atoms with Crippen LogP contribution >= 0.6 is 22.9 Å². The Labute approximate surface area is 138 Å². The highest BCUT2D eigenvalue weighted by atomic mass is 35.5. The highest BCUT2D eigenvalue weighted by Gasteiger charge is 2.32. The van der Waals surface area contributed by atoms with E-state index < -0.39 is 0 Å². The molecule has 1 aromatic heterocycles. The molecular formula is C16H17ClN2O2S. The zero-order chi connectivity index (χ0) is 15.7. The molecule has 1 aliphatic rings. The van der Waals surface area contributed by atoms with Crippen molar-refractivity contribution in [1.29, 1.82) is 0 Å². The molecule has 0 N–H and O–H groups in total. The van der Waals surface area contributed by atoms with Gasteiger partial charge in [-0.3, -0.25) is 4.79 Å². The van der Waals surface area contributed by atoms with Gasteiger partial charge in [-0.15, -0.1) is 11.3 Å². The van der Waals surface area contributed by atoms with Crippen LogP contribution in [0.5, 0.6) is 0 Å². The van der Waals surface area contributed by atoms with Crippen molar-refractivity contribution in [1.82, 2.24) is 9.88 Å². The molecule has 116 valence electrons. The molecule has 3 rings (SSSR count). The topological polar surface area (TPSA) is 42.4 Å². The summed E-state index contributed by atoms with van der Waals surface area (Å²) in [4.78, 5) is 19.5. The van der Waals surface area contributed by atoms with Gasteiger partial charge in [0.05, 0.1) is 30.4 Å². The molecule has 0 radical (unpaired) electrons. The molecule has 2 aromatic rings. The molecule has 2 atom stereocenters. The highest BCUT2D eigenvalue weighted by molar-refractivity contribution is 7.11. The first-order chi connectivity index (χ1) is 10.6. The van der Waals surface area contributed by atoms with Crippen LogP contribution in [-0.4, -0.2) is 35.0 Å². The number of benzene rings is 1. The number of halogens is 1. The van der Waals surface area contributed by atoms with E-state index in [1.807, 2.05) is 43.0 Å². The Morgan fingerprint density at radius 1 is 1.50 bits per heavy atom. The fourth-order valence-corrected chi connectivity index (χ4v) is 3.54. The van der Waals surface area contributed by atoms with E-state index in [9.17, 15) is 4.79 Å². The van der Waals surface area contributed by atoms with Gasteiger partial charge in [0.1, 0.15) is 11.0 Å². The maximum absolute atomic E-state index is 12.8. The Hall–Kier alpha value is -1.43. The van der Waals surface area contributed by atoms with Gasteiger partial charge in [0.2, 0.25) is 0 Å². The molecule has 1 amide bonds. The third kappa shape index (κ3) is 3.02. The lowest BCUT2D eigenvalue weighted by molar-refractivity contribution is -0.0485. The second kappa shape index (κ2) is 6.36. The highest BCUT2D eigenvalue weighted by Crippen LogP contribution is 2.28. The van der Waals surface area contributed by atoms with Crippen LogP contribution in [0, 0.1) is 6.92 Å². The number of thiazole rings is 1. The minimum atomic E-state index is -0.146. The third-order valence-electron chi connectivity index (χ3n) is 3.85. The first-order valence-electron chi connectivity index (χ1n) is 7.14. The standard InChI is InChI=1S/C16H17ClN2O2S/c1-10-8-21-14(12-4-3-5-13(17)6-12)7-19(10)16(20)15-11(2)18-9-22-15/h3-6,9-10,14H,7-8H2,1-2H3. The first-order valence-corrected chi connectivity index (χ1v) is 8.40. The molecule has 1 aromatic carbocycles. The summed E-state index contributed by atoms with van der Waals surface area (Å²) < 4.78 is 5.89. The summed E-state index contributed by atoms with van der Waals surface area (Å²) in [6, 6.07) is 7.65. The van der Waals surface area contributed by atoms with Crippen LogP contribution in [0.1, 0.15) is 34.0 Å². The quantitative estimate of drug-likeness (QED) is 0.839. The van der Waals surface area contributed by atoms with E-state index >= 15 is 0 Å². The molecule has 4 nitrogen and oxygen atoms in total. The van der Waals surface area contributed by atoms with Crippen molar-refractivity contribution in [2.45, 2.75) is 26.0 Å². The van der Waals surface area contributed by atoms with Crippen LogP contribution in [0.3, 0.4) is 0 Å². The predicted octanol–water partition coefficient (Wildman–Crippen LogP) is 3.71. The number of carbonyl (C=O) groups excluding carboxylic acids is 1. The minimum Gasteiger partial charge on any atom is -0.370 e. The molecule has 1 fully saturated rings. The fraction of sp³-hybridized carbons (Fsp3) is 0.375. The van der Waals surface area contributed by atoms with E-state index in [4.69, 9.17) is 16.3 Å². The first kappa shape index (κ1) is 15.5. The number of nitrogens with zero attached hydrogens (tertiary/aromatic N) is 2. The molecule has 1 aliphatic heterocycles. The lowest BCUT2D eigenvalue weighted by Crippen LogP contribution is -2.48. The van der Waals surface area contributed by atoms with Gasteiger partial charge < -0.3 is 9.64 Å². The smallest absolute Gasteiger partial charge is 0.266 e. The number of hydrogen-bond donors (Lipinski definition) is 0. The average Bonchev–Trinajstić information content (AvgIpc) is 2.93. The van der Waals surface area contributed by atoms with Gasteiger partial charge in [-0.05, 0) is 31.5 Å². The molecule has 0 aliphatic carbocycles. The zero-order valence-corrected chi connectivity index (χ0v) is 14.0. The van der Waals surface area contributed by atoms with Gasteiger partial charge >= 0.3 is 0 Å².